The third kappa shape index (κ3) is 3.68. The van der Waals surface area contributed by atoms with Crippen molar-refractivity contribution in [2.24, 2.45) is 7.05 Å². The molecule has 0 unspecified atom stereocenters. The summed E-state index contributed by atoms with van der Waals surface area (Å²) >= 11 is 0. The maximum absolute atomic E-state index is 12.8. The second-order valence-corrected chi connectivity index (χ2v) is 7.75. The van der Waals surface area contributed by atoms with Gasteiger partial charge in [-0.2, -0.15) is 5.26 Å². The van der Waals surface area contributed by atoms with Gasteiger partial charge in [0.05, 0.1) is 18.3 Å². The van der Waals surface area contributed by atoms with E-state index >= 15 is 0 Å². The summed E-state index contributed by atoms with van der Waals surface area (Å²) in [5.41, 5.74) is 3.48. The highest BCUT2D eigenvalue weighted by atomic mass is 16.5. The van der Waals surface area contributed by atoms with Crippen LogP contribution >= 0.6 is 0 Å². The molecule has 0 radical (unpaired) electrons. The topological polar surface area (TPSA) is 94.6 Å². The van der Waals surface area contributed by atoms with Crippen molar-refractivity contribution >= 4 is 16.7 Å². The average molecular weight is 419 g/mol. The Morgan fingerprint density at radius 2 is 1.94 bits per heavy atom. The summed E-state index contributed by atoms with van der Waals surface area (Å²) in [7, 11) is 3.21. The molecule has 1 aliphatic rings. The van der Waals surface area contributed by atoms with Gasteiger partial charge in [0.1, 0.15) is 17.1 Å². The highest BCUT2D eigenvalue weighted by Gasteiger charge is 2.25. The average Bonchev–Trinajstić information content (AvgIpc) is 2.78. The fourth-order valence-electron chi connectivity index (χ4n) is 4.13. The van der Waals surface area contributed by atoms with Gasteiger partial charge in [0.25, 0.3) is 5.56 Å². The number of methoxy groups -OCH3 is 1. The van der Waals surface area contributed by atoms with Crippen molar-refractivity contribution in [3.63, 3.8) is 0 Å². The van der Waals surface area contributed by atoms with Crippen molar-refractivity contribution < 1.29 is 9.84 Å². The van der Waals surface area contributed by atoms with Gasteiger partial charge in [-0.15, -0.1) is 0 Å². The summed E-state index contributed by atoms with van der Waals surface area (Å²) < 4.78 is 6.69. The van der Waals surface area contributed by atoms with Crippen molar-refractivity contribution in [3.8, 4) is 17.6 Å². The second-order valence-electron chi connectivity index (χ2n) is 7.75. The zero-order valence-corrected chi connectivity index (χ0v) is 17.9. The van der Waals surface area contributed by atoms with E-state index in [2.05, 4.69) is 20.9 Å². The van der Waals surface area contributed by atoms with Crippen molar-refractivity contribution in [3.05, 3.63) is 57.5 Å². The van der Waals surface area contributed by atoms with E-state index in [0.29, 0.717) is 42.1 Å². The number of piperazine rings is 1. The lowest BCUT2D eigenvalue weighted by Gasteiger charge is -2.36. The molecule has 4 rings (SSSR count). The Hall–Kier alpha value is -3.57. The molecule has 1 aliphatic heterocycles. The summed E-state index contributed by atoms with van der Waals surface area (Å²) in [6.45, 7) is 5.25. The first kappa shape index (κ1) is 20.7. The molecule has 1 aromatic carbocycles. The van der Waals surface area contributed by atoms with Gasteiger partial charge in [-0.1, -0.05) is 12.1 Å². The van der Waals surface area contributed by atoms with E-state index in [4.69, 9.17) is 4.74 Å². The highest BCUT2D eigenvalue weighted by Crippen LogP contribution is 2.31. The Balaban J connectivity index is 1.62. The van der Waals surface area contributed by atoms with E-state index in [1.807, 2.05) is 31.2 Å². The van der Waals surface area contributed by atoms with Crippen LogP contribution in [0.1, 0.15) is 16.8 Å². The first-order valence-corrected chi connectivity index (χ1v) is 10.2. The quantitative estimate of drug-likeness (QED) is 0.692. The number of aromatic nitrogens is 2. The van der Waals surface area contributed by atoms with Gasteiger partial charge in [0, 0.05) is 51.0 Å². The molecule has 3 aromatic rings. The number of phenols is 1. The van der Waals surface area contributed by atoms with Crippen LogP contribution in [-0.2, 0) is 13.6 Å². The van der Waals surface area contributed by atoms with Crippen LogP contribution in [0.4, 0.5) is 5.69 Å². The number of para-hydroxylation sites is 1. The molecule has 0 atom stereocenters. The number of hydrogen-bond acceptors (Lipinski definition) is 7. The van der Waals surface area contributed by atoms with E-state index in [0.717, 1.165) is 24.3 Å². The number of aromatic hydroxyl groups is 1. The predicted molar refractivity (Wildman–Crippen MR) is 119 cm³/mol. The number of phenolic OH excluding ortho intramolecular Hbond substituents is 1. The number of benzene rings is 1. The molecular weight excluding hydrogens is 394 g/mol. The predicted octanol–water partition coefficient (Wildman–Crippen LogP) is 2.15. The lowest BCUT2D eigenvalue weighted by Crippen LogP contribution is -2.47. The molecule has 0 amide bonds. The first-order valence-electron chi connectivity index (χ1n) is 10.2. The number of rotatable bonds is 4. The van der Waals surface area contributed by atoms with Crippen molar-refractivity contribution in [1.29, 1.82) is 5.26 Å². The monoisotopic (exact) mass is 419 g/mol. The molecule has 0 spiro atoms. The van der Waals surface area contributed by atoms with Gasteiger partial charge >= 0.3 is 0 Å². The summed E-state index contributed by atoms with van der Waals surface area (Å²) in [5, 5.41) is 20.1. The minimum Gasteiger partial charge on any atom is -0.504 e. The molecule has 160 valence electrons. The number of anilines is 1. The summed E-state index contributed by atoms with van der Waals surface area (Å²) in [5.74, 6) is 0.624. The number of nitrogens with zero attached hydrogens (tertiary/aromatic N) is 5. The molecule has 31 heavy (non-hydrogen) atoms. The maximum atomic E-state index is 12.8. The fourth-order valence-corrected chi connectivity index (χ4v) is 4.13. The Morgan fingerprint density at radius 3 is 2.61 bits per heavy atom. The first-order chi connectivity index (χ1) is 14.9. The molecule has 8 heteroatoms. The highest BCUT2D eigenvalue weighted by molar-refractivity contribution is 5.91. The van der Waals surface area contributed by atoms with Crippen molar-refractivity contribution in [1.82, 2.24) is 14.5 Å². The van der Waals surface area contributed by atoms with E-state index in [9.17, 15) is 15.2 Å². The van der Waals surface area contributed by atoms with Gasteiger partial charge in [0.2, 0.25) is 0 Å². The number of nitriles is 1. The normalized spacial score (nSPS) is 14.6. The fraction of sp³-hybridized carbons (Fsp3) is 0.348. The molecule has 0 bridgehead atoms. The third-order valence-corrected chi connectivity index (χ3v) is 5.85. The molecule has 1 fully saturated rings. The van der Waals surface area contributed by atoms with Gasteiger partial charge in [-0.25, -0.2) is 4.98 Å². The molecule has 3 heterocycles. The molecule has 1 saturated heterocycles. The Kier molecular flexibility index (Phi) is 5.53. The van der Waals surface area contributed by atoms with E-state index in [1.54, 1.807) is 13.1 Å². The SMILES string of the molecule is COc1cccc(CN2CCN(c3c(C#N)c(=O)n(C)c4ccc(C)nc34)CC2)c1O. The van der Waals surface area contributed by atoms with E-state index in [-0.39, 0.29) is 16.9 Å². The van der Waals surface area contributed by atoms with Crippen LogP contribution in [-0.4, -0.2) is 52.8 Å². The number of hydrogen-bond donors (Lipinski definition) is 1. The molecule has 0 aliphatic carbocycles. The standard InChI is InChI=1S/C23H25N5O3/c1-15-7-8-18-20(25-15)21(17(13-24)23(30)26(18)2)28-11-9-27(10-12-28)14-16-5-4-6-19(31-3)22(16)29/h4-8,29H,9-12,14H2,1-3H3. The smallest absolute Gasteiger partial charge is 0.270 e. The van der Waals surface area contributed by atoms with Gasteiger partial charge in [-0.05, 0) is 25.1 Å². The molecule has 0 saturated carbocycles. The van der Waals surface area contributed by atoms with Crippen LogP contribution in [0, 0.1) is 18.3 Å². The molecule has 8 nitrogen and oxygen atoms in total. The lowest BCUT2D eigenvalue weighted by molar-refractivity contribution is 0.245. The van der Waals surface area contributed by atoms with Crippen LogP contribution in [0.3, 0.4) is 0 Å². The lowest BCUT2D eigenvalue weighted by atomic mass is 10.1. The molecule has 1 N–H and O–H groups in total. The second kappa shape index (κ2) is 8.28. The minimum absolute atomic E-state index is 0.131. The number of fused-ring (bicyclic) bond motifs is 1. The number of aryl methyl sites for hydroxylation is 2. The van der Waals surface area contributed by atoms with Crippen LogP contribution in [0.5, 0.6) is 11.5 Å². The van der Waals surface area contributed by atoms with Crippen LogP contribution in [0.25, 0.3) is 11.0 Å². The van der Waals surface area contributed by atoms with Crippen LogP contribution < -0.4 is 15.2 Å². The van der Waals surface area contributed by atoms with Crippen LogP contribution in [0.2, 0.25) is 0 Å². The number of pyridine rings is 2. The summed E-state index contributed by atoms with van der Waals surface area (Å²) in [6.07, 6.45) is 0. The van der Waals surface area contributed by atoms with E-state index in [1.165, 1.54) is 11.7 Å². The number of ether oxygens (including phenoxy) is 1. The zero-order valence-electron chi connectivity index (χ0n) is 17.9. The maximum Gasteiger partial charge on any atom is 0.270 e. The van der Waals surface area contributed by atoms with Gasteiger partial charge in [0.15, 0.2) is 11.5 Å². The van der Waals surface area contributed by atoms with Gasteiger partial charge in [-0.3, -0.25) is 9.69 Å². The van der Waals surface area contributed by atoms with Crippen molar-refractivity contribution in [2.75, 3.05) is 38.2 Å². The Bertz CT molecular complexity index is 1240. The zero-order chi connectivity index (χ0) is 22.1. The van der Waals surface area contributed by atoms with E-state index < -0.39 is 0 Å². The minimum atomic E-state index is -0.306. The summed E-state index contributed by atoms with van der Waals surface area (Å²) in [6, 6.07) is 11.3. The largest absolute Gasteiger partial charge is 0.504 e. The van der Waals surface area contributed by atoms with Crippen molar-refractivity contribution in [2.45, 2.75) is 13.5 Å². The third-order valence-electron chi connectivity index (χ3n) is 5.85. The molecule has 2 aromatic heterocycles. The Morgan fingerprint density at radius 1 is 1.19 bits per heavy atom. The molecular formula is C23H25N5O3. The van der Waals surface area contributed by atoms with Gasteiger partial charge < -0.3 is 19.3 Å². The van der Waals surface area contributed by atoms with Crippen LogP contribution in [0.15, 0.2) is 35.1 Å². The Labute approximate surface area is 180 Å². The summed E-state index contributed by atoms with van der Waals surface area (Å²) in [4.78, 5) is 21.8.